The van der Waals surface area contributed by atoms with Gasteiger partial charge in [-0.2, -0.15) is 0 Å². The van der Waals surface area contributed by atoms with Gasteiger partial charge in [0, 0.05) is 13.0 Å². The standard InChI is InChI=1S/C11H23NO2/c1-5-9(3)7-10(13)12-8-11(4,14)6-2/h9,14H,5-8H2,1-4H3,(H,12,13). The lowest BCUT2D eigenvalue weighted by Gasteiger charge is -2.22. The Hall–Kier alpha value is -0.570. The highest BCUT2D eigenvalue weighted by atomic mass is 16.3. The van der Waals surface area contributed by atoms with E-state index in [-0.39, 0.29) is 5.91 Å². The van der Waals surface area contributed by atoms with E-state index in [1.54, 1.807) is 6.92 Å². The number of nitrogens with one attached hydrogen (secondary N) is 1. The molecule has 0 aromatic heterocycles. The molecule has 0 bridgehead atoms. The molecule has 2 unspecified atom stereocenters. The van der Waals surface area contributed by atoms with Crippen LogP contribution in [-0.4, -0.2) is 23.2 Å². The van der Waals surface area contributed by atoms with Crippen LogP contribution in [0.4, 0.5) is 0 Å². The van der Waals surface area contributed by atoms with Crippen molar-refractivity contribution in [1.82, 2.24) is 5.32 Å². The first-order valence-corrected chi connectivity index (χ1v) is 5.40. The van der Waals surface area contributed by atoms with Gasteiger partial charge in [-0.15, -0.1) is 0 Å². The molecule has 0 radical (unpaired) electrons. The number of hydrogen-bond donors (Lipinski definition) is 2. The fourth-order valence-corrected chi connectivity index (χ4v) is 0.947. The first kappa shape index (κ1) is 13.4. The second kappa shape index (κ2) is 6.02. The number of carbonyl (C=O) groups excluding carboxylic acids is 1. The molecular formula is C11H23NO2. The van der Waals surface area contributed by atoms with Crippen LogP contribution in [0.15, 0.2) is 0 Å². The van der Waals surface area contributed by atoms with Crippen molar-refractivity contribution in [3.63, 3.8) is 0 Å². The molecule has 0 aliphatic carbocycles. The Kier molecular flexibility index (Phi) is 5.77. The van der Waals surface area contributed by atoms with Gasteiger partial charge in [0.1, 0.15) is 0 Å². The van der Waals surface area contributed by atoms with Gasteiger partial charge in [-0.1, -0.05) is 27.2 Å². The van der Waals surface area contributed by atoms with E-state index in [1.807, 2.05) is 6.92 Å². The number of hydrogen-bond acceptors (Lipinski definition) is 2. The van der Waals surface area contributed by atoms with Gasteiger partial charge < -0.3 is 10.4 Å². The zero-order valence-corrected chi connectivity index (χ0v) is 9.76. The Balaban J connectivity index is 3.74. The molecule has 0 aliphatic heterocycles. The summed E-state index contributed by atoms with van der Waals surface area (Å²) in [6.07, 6.45) is 2.21. The second-order valence-electron chi connectivity index (χ2n) is 4.34. The zero-order chi connectivity index (χ0) is 11.2. The van der Waals surface area contributed by atoms with Crippen LogP contribution in [0.5, 0.6) is 0 Å². The molecule has 2 atom stereocenters. The van der Waals surface area contributed by atoms with E-state index < -0.39 is 5.60 Å². The third kappa shape index (κ3) is 5.97. The highest BCUT2D eigenvalue weighted by Gasteiger charge is 2.18. The number of amides is 1. The summed E-state index contributed by atoms with van der Waals surface area (Å²) in [6.45, 7) is 8.10. The molecule has 0 saturated heterocycles. The molecule has 0 saturated carbocycles. The zero-order valence-electron chi connectivity index (χ0n) is 9.76. The number of aliphatic hydroxyl groups is 1. The van der Waals surface area contributed by atoms with Crippen LogP contribution in [0.1, 0.15) is 47.0 Å². The van der Waals surface area contributed by atoms with Crippen LogP contribution in [0.25, 0.3) is 0 Å². The summed E-state index contributed by atoms with van der Waals surface area (Å²) in [5.41, 5.74) is -0.773. The van der Waals surface area contributed by atoms with Crippen molar-refractivity contribution < 1.29 is 9.90 Å². The van der Waals surface area contributed by atoms with Gasteiger partial charge in [0.15, 0.2) is 0 Å². The highest BCUT2D eigenvalue weighted by molar-refractivity contribution is 5.76. The van der Waals surface area contributed by atoms with Crippen LogP contribution >= 0.6 is 0 Å². The molecule has 0 aliphatic rings. The monoisotopic (exact) mass is 201 g/mol. The third-order valence-electron chi connectivity index (χ3n) is 2.66. The topological polar surface area (TPSA) is 49.3 Å². The molecule has 3 nitrogen and oxygen atoms in total. The molecule has 0 spiro atoms. The van der Waals surface area contributed by atoms with E-state index in [2.05, 4.69) is 19.2 Å². The Morgan fingerprint density at radius 2 is 2.07 bits per heavy atom. The molecule has 0 fully saturated rings. The minimum atomic E-state index is -0.773. The summed E-state index contributed by atoms with van der Waals surface area (Å²) in [5, 5.41) is 12.4. The van der Waals surface area contributed by atoms with E-state index in [1.165, 1.54) is 0 Å². The molecule has 0 aromatic carbocycles. The molecule has 0 rings (SSSR count). The van der Waals surface area contributed by atoms with E-state index in [4.69, 9.17) is 0 Å². The molecule has 0 heterocycles. The molecule has 14 heavy (non-hydrogen) atoms. The second-order valence-corrected chi connectivity index (χ2v) is 4.34. The average Bonchev–Trinajstić information content (AvgIpc) is 2.15. The van der Waals surface area contributed by atoms with Crippen LogP contribution in [-0.2, 0) is 4.79 Å². The number of carbonyl (C=O) groups is 1. The van der Waals surface area contributed by atoms with Gasteiger partial charge in [0.05, 0.1) is 5.60 Å². The van der Waals surface area contributed by atoms with Crippen LogP contribution in [0.2, 0.25) is 0 Å². The maximum Gasteiger partial charge on any atom is 0.220 e. The summed E-state index contributed by atoms with van der Waals surface area (Å²) in [5.74, 6) is 0.453. The van der Waals surface area contributed by atoms with Gasteiger partial charge >= 0.3 is 0 Å². The van der Waals surface area contributed by atoms with E-state index >= 15 is 0 Å². The highest BCUT2D eigenvalue weighted by Crippen LogP contribution is 2.08. The summed E-state index contributed by atoms with van der Waals surface area (Å²) >= 11 is 0. The summed E-state index contributed by atoms with van der Waals surface area (Å²) in [4.78, 5) is 11.4. The van der Waals surface area contributed by atoms with Crippen LogP contribution < -0.4 is 5.32 Å². The SMILES string of the molecule is CCC(C)CC(=O)NCC(C)(O)CC. The maximum absolute atomic E-state index is 11.4. The fraction of sp³-hybridized carbons (Fsp3) is 0.909. The lowest BCUT2D eigenvalue weighted by molar-refractivity contribution is -0.123. The molecule has 84 valence electrons. The molecule has 0 aromatic rings. The minimum Gasteiger partial charge on any atom is -0.388 e. The first-order chi connectivity index (χ1) is 6.41. The maximum atomic E-state index is 11.4. The lowest BCUT2D eigenvalue weighted by Crippen LogP contribution is -2.40. The van der Waals surface area contributed by atoms with Gasteiger partial charge in [-0.25, -0.2) is 0 Å². The smallest absolute Gasteiger partial charge is 0.220 e. The summed E-state index contributed by atoms with van der Waals surface area (Å²) in [6, 6.07) is 0. The van der Waals surface area contributed by atoms with Crippen molar-refractivity contribution in [3.8, 4) is 0 Å². The Morgan fingerprint density at radius 1 is 1.50 bits per heavy atom. The van der Waals surface area contributed by atoms with Crippen LogP contribution in [0.3, 0.4) is 0 Å². The van der Waals surface area contributed by atoms with Crippen molar-refractivity contribution in [2.75, 3.05) is 6.54 Å². The summed E-state index contributed by atoms with van der Waals surface area (Å²) < 4.78 is 0. The van der Waals surface area contributed by atoms with Gasteiger partial charge in [-0.3, -0.25) is 4.79 Å². The predicted octanol–water partition coefficient (Wildman–Crippen LogP) is 1.70. The normalized spacial score (nSPS) is 17.2. The van der Waals surface area contributed by atoms with E-state index in [0.29, 0.717) is 25.3 Å². The molecule has 2 N–H and O–H groups in total. The molecule has 1 amide bonds. The van der Waals surface area contributed by atoms with Gasteiger partial charge in [-0.05, 0) is 19.3 Å². The van der Waals surface area contributed by atoms with E-state index in [9.17, 15) is 9.90 Å². The largest absolute Gasteiger partial charge is 0.388 e. The quantitative estimate of drug-likeness (QED) is 0.687. The van der Waals surface area contributed by atoms with Crippen molar-refractivity contribution in [1.29, 1.82) is 0 Å². The van der Waals surface area contributed by atoms with E-state index in [0.717, 1.165) is 6.42 Å². The average molecular weight is 201 g/mol. The van der Waals surface area contributed by atoms with Crippen molar-refractivity contribution >= 4 is 5.91 Å². The van der Waals surface area contributed by atoms with Crippen LogP contribution in [0, 0.1) is 5.92 Å². The Bertz CT molecular complexity index is 178. The van der Waals surface area contributed by atoms with Crippen molar-refractivity contribution in [3.05, 3.63) is 0 Å². The number of rotatable bonds is 6. The lowest BCUT2D eigenvalue weighted by atomic mass is 10.0. The molecule has 3 heteroatoms. The third-order valence-corrected chi connectivity index (χ3v) is 2.66. The first-order valence-electron chi connectivity index (χ1n) is 5.40. The van der Waals surface area contributed by atoms with Crippen molar-refractivity contribution in [2.24, 2.45) is 5.92 Å². The van der Waals surface area contributed by atoms with Gasteiger partial charge in [0.2, 0.25) is 5.91 Å². The molecular weight excluding hydrogens is 178 g/mol. The van der Waals surface area contributed by atoms with Gasteiger partial charge in [0.25, 0.3) is 0 Å². The summed E-state index contributed by atoms with van der Waals surface area (Å²) in [7, 11) is 0. The predicted molar refractivity (Wildman–Crippen MR) is 58.0 cm³/mol. The van der Waals surface area contributed by atoms with Crippen molar-refractivity contribution in [2.45, 2.75) is 52.6 Å². The Morgan fingerprint density at radius 3 is 2.50 bits per heavy atom. The fourth-order valence-electron chi connectivity index (χ4n) is 0.947. The minimum absolute atomic E-state index is 0.0353. The Labute approximate surface area is 86.9 Å².